The number of nitrogens with zero attached hydrogens (tertiary/aromatic N) is 5. The second-order valence-electron chi connectivity index (χ2n) is 3.62. The monoisotopic (exact) mass is 251 g/mol. The van der Waals surface area contributed by atoms with Gasteiger partial charge in [-0.2, -0.15) is 5.10 Å². The predicted molar refractivity (Wildman–Crippen MR) is 63.5 cm³/mol. The highest BCUT2D eigenvalue weighted by atomic mass is 32.1. The highest BCUT2D eigenvalue weighted by Gasteiger charge is 2.17. The highest BCUT2D eigenvalue weighted by molar-refractivity contribution is 7.07. The van der Waals surface area contributed by atoms with Gasteiger partial charge in [0.1, 0.15) is 4.88 Å². The molecule has 0 spiro atoms. The zero-order chi connectivity index (χ0) is 12.3. The molecule has 0 atom stereocenters. The van der Waals surface area contributed by atoms with Crippen LogP contribution in [0, 0.1) is 0 Å². The zero-order valence-corrected chi connectivity index (χ0v) is 10.5. The van der Waals surface area contributed by atoms with Gasteiger partial charge in [0, 0.05) is 31.9 Å². The lowest BCUT2D eigenvalue weighted by Crippen LogP contribution is -2.29. The second-order valence-corrected chi connectivity index (χ2v) is 4.41. The van der Waals surface area contributed by atoms with Gasteiger partial charge < -0.3 is 4.90 Å². The van der Waals surface area contributed by atoms with Crippen LogP contribution in [0.4, 0.5) is 0 Å². The Balaban J connectivity index is 2.09. The van der Waals surface area contributed by atoms with E-state index >= 15 is 0 Å². The van der Waals surface area contributed by atoms with E-state index in [2.05, 4.69) is 14.7 Å². The number of amides is 1. The molecule has 2 aromatic heterocycles. The topological polar surface area (TPSA) is 63.9 Å². The van der Waals surface area contributed by atoms with Crippen molar-refractivity contribution in [2.45, 2.75) is 13.5 Å². The molecule has 0 unspecified atom stereocenters. The van der Waals surface area contributed by atoms with E-state index in [1.165, 1.54) is 6.20 Å². The van der Waals surface area contributed by atoms with Crippen molar-refractivity contribution in [2.75, 3.05) is 6.54 Å². The Bertz CT molecular complexity index is 493. The molecule has 2 rings (SSSR count). The van der Waals surface area contributed by atoms with Crippen LogP contribution in [-0.2, 0) is 13.6 Å². The number of hydrogen-bond donors (Lipinski definition) is 0. The maximum atomic E-state index is 12.1. The Morgan fingerprint density at radius 2 is 2.35 bits per heavy atom. The third-order valence-electron chi connectivity index (χ3n) is 2.37. The number of carbonyl (C=O) groups excluding carboxylic acids is 1. The van der Waals surface area contributed by atoms with Crippen molar-refractivity contribution in [3.63, 3.8) is 0 Å². The lowest BCUT2D eigenvalue weighted by Gasteiger charge is -2.18. The summed E-state index contributed by atoms with van der Waals surface area (Å²) in [5, 5.41) is 7.76. The van der Waals surface area contributed by atoms with Gasteiger partial charge in [-0.05, 0) is 18.5 Å². The molecule has 0 aliphatic carbocycles. The maximum absolute atomic E-state index is 12.1. The third kappa shape index (κ3) is 2.68. The summed E-state index contributed by atoms with van der Waals surface area (Å²) in [6.45, 7) is 3.15. The Morgan fingerprint density at radius 1 is 1.53 bits per heavy atom. The molecule has 0 radical (unpaired) electrons. The Kier molecular flexibility index (Phi) is 3.48. The van der Waals surface area contributed by atoms with Crippen molar-refractivity contribution >= 4 is 17.4 Å². The summed E-state index contributed by atoms with van der Waals surface area (Å²) in [6.07, 6.45) is 5.17. The fourth-order valence-electron chi connectivity index (χ4n) is 1.52. The minimum Gasteiger partial charge on any atom is -0.334 e. The van der Waals surface area contributed by atoms with Crippen molar-refractivity contribution in [2.24, 2.45) is 7.05 Å². The molecule has 0 bridgehead atoms. The summed E-state index contributed by atoms with van der Waals surface area (Å²) < 4.78 is 5.42. The molecule has 0 aromatic carbocycles. The molecule has 0 saturated carbocycles. The van der Waals surface area contributed by atoms with Crippen LogP contribution in [0.1, 0.15) is 22.2 Å². The van der Waals surface area contributed by atoms with Gasteiger partial charge in [0.25, 0.3) is 5.91 Å². The number of hydrogen-bond acceptors (Lipinski definition) is 5. The molecule has 0 aliphatic rings. The van der Waals surface area contributed by atoms with Gasteiger partial charge in [0.15, 0.2) is 0 Å². The van der Waals surface area contributed by atoms with Crippen LogP contribution in [0.3, 0.4) is 0 Å². The lowest BCUT2D eigenvalue weighted by atomic mass is 10.3. The van der Waals surface area contributed by atoms with Crippen LogP contribution in [0.25, 0.3) is 0 Å². The molecular weight excluding hydrogens is 238 g/mol. The summed E-state index contributed by atoms with van der Waals surface area (Å²) in [4.78, 5) is 14.4. The Morgan fingerprint density at radius 3 is 2.88 bits per heavy atom. The Labute approximate surface area is 103 Å². The van der Waals surface area contributed by atoms with Gasteiger partial charge in [-0.15, -0.1) is 5.10 Å². The minimum absolute atomic E-state index is 0.0358. The number of aromatic nitrogens is 4. The van der Waals surface area contributed by atoms with Gasteiger partial charge in [-0.25, -0.2) is 0 Å². The van der Waals surface area contributed by atoms with Gasteiger partial charge in [0.2, 0.25) is 0 Å². The van der Waals surface area contributed by atoms with Gasteiger partial charge in [0.05, 0.1) is 12.4 Å². The number of aryl methyl sites for hydroxylation is 1. The summed E-state index contributed by atoms with van der Waals surface area (Å²) >= 11 is 1.12. The van der Waals surface area contributed by atoms with Crippen LogP contribution < -0.4 is 0 Å². The zero-order valence-electron chi connectivity index (χ0n) is 9.70. The van der Waals surface area contributed by atoms with Crippen molar-refractivity contribution in [1.29, 1.82) is 0 Å². The Hall–Kier alpha value is -1.76. The summed E-state index contributed by atoms with van der Waals surface area (Å²) in [5.74, 6) is -0.0358. The van der Waals surface area contributed by atoms with E-state index in [9.17, 15) is 4.79 Å². The molecule has 90 valence electrons. The van der Waals surface area contributed by atoms with Crippen LogP contribution >= 0.6 is 11.5 Å². The maximum Gasteiger partial charge on any atom is 0.267 e. The molecule has 0 aliphatic heterocycles. The van der Waals surface area contributed by atoms with Crippen molar-refractivity contribution < 1.29 is 4.79 Å². The first-order valence-electron chi connectivity index (χ1n) is 5.25. The van der Waals surface area contributed by atoms with Gasteiger partial charge in [-0.1, -0.05) is 4.49 Å². The minimum atomic E-state index is -0.0358. The molecule has 0 saturated heterocycles. The van der Waals surface area contributed by atoms with E-state index in [-0.39, 0.29) is 5.91 Å². The standard InChI is InChI=1S/C10H13N5OS/c1-3-15(7-8-4-12-14(2)6-8)10(16)9-5-11-13-17-9/h4-6H,3,7H2,1-2H3. The van der Waals surface area contributed by atoms with Crippen molar-refractivity contribution in [3.8, 4) is 0 Å². The molecule has 2 heterocycles. The third-order valence-corrected chi connectivity index (χ3v) is 3.03. The van der Waals surface area contributed by atoms with Gasteiger partial charge >= 0.3 is 0 Å². The van der Waals surface area contributed by atoms with Crippen molar-refractivity contribution in [1.82, 2.24) is 24.3 Å². The quantitative estimate of drug-likeness (QED) is 0.811. The lowest BCUT2D eigenvalue weighted by molar-refractivity contribution is 0.0757. The molecule has 0 fully saturated rings. The van der Waals surface area contributed by atoms with E-state index in [1.807, 2.05) is 20.2 Å². The first-order valence-corrected chi connectivity index (χ1v) is 6.02. The summed E-state index contributed by atoms with van der Waals surface area (Å²) in [7, 11) is 1.86. The van der Waals surface area contributed by atoms with Crippen LogP contribution in [0.15, 0.2) is 18.6 Å². The van der Waals surface area contributed by atoms with E-state index in [0.29, 0.717) is 18.0 Å². The molecule has 6 nitrogen and oxygen atoms in total. The fraction of sp³-hybridized carbons (Fsp3) is 0.400. The average molecular weight is 251 g/mol. The normalized spacial score (nSPS) is 10.5. The van der Waals surface area contributed by atoms with E-state index < -0.39 is 0 Å². The molecular formula is C10H13N5OS. The molecule has 17 heavy (non-hydrogen) atoms. The summed E-state index contributed by atoms with van der Waals surface area (Å²) in [5.41, 5.74) is 1.01. The molecule has 1 amide bonds. The van der Waals surface area contributed by atoms with E-state index in [1.54, 1.807) is 15.8 Å². The largest absolute Gasteiger partial charge is 0.334 e. The second kappa shape index (κ2) is 5.05. The first kappa shape index (κ1) is 11.7. The SMILES string of the molecule is CCN(Cc1cnn(C)c1)C(=O)c1cnns1. The van der Waals surface area contributed by atoms with Crippen molar-refractivity contribution in [3.05, 3.63) is 29.0 Å². The highest BCUT2D eigenvalue weighted by Crippen LogP contribution is 2.10. The van der Waals surface area contributed by atoms with Gasteiger partial charge in [-0.3, -0.25) is 9.48 Å². The van der Waals surface area contributed by atoms with Crippen LogP contribution in [0.2, 0.25) is 0 Å². The summed E-state index contributed by atoms with van der Waals surface area (Å²) in [6, 6.07) is 0. The smallest absolute Gasteiger partial charge is 0.267 e. The van der Waals surface area contributed by atoms with Crippen LogP contribution in [-0.4, -0.2) is 36.7 Å². The predicted octanol–water partition coefficient (Wildman–Crippen LogP) is 0.934. The van der Waals surface area contributed by atoms with E-state index in [4.69, 9.17) is 0 Å². The molecule has 0 N–H and O–H groups in total. The van der Waals surface area contributed by atoms with Crippen LogP contribution in [0.5, 0.6) is 0 Å². The number of carbonyl (C=O) groups is 1. The van der Waals surface area contributed by atoms with E-state index in [0.717, 1.165) is 17.1 Å². The number of rotatable bonds is 4. The molecule has 7 heteroatoms. The first-order chi connectivity index (χ1) is 8.20. The molecule has 2 aromatic rings. The fourth-order valence-corrected chi connectivity index (χ4v) is 2.00. The average Bonchev–Trinajstić information content (AvgIpc) is 2.96.